The lowest BCUT2D eigenvalue weighted by molar-refractivity contribution is -0.117. The number of alkyl halides is 1. The van der Waals surface area contributed by atoms with Crippen molar-refractivity contribution in [2.24, 2.45) is 5.92 Å². The van der Waals surface area contributed by atoms with Crippen molar-refractivity contribution >= 4 is 34.3 Å². The molecule has 0 unspecified atom stereocenters. The average Bonchev–Trinajstić information content (AvgIpc) is 3.48. The minimum Gasteiger partial charge on any atom is -0.349 e. The van der Waals surface area contributed by atoms with Gasteiger partial charge in [-0.25, -0.2) is 8.91 Å². The van der Waals surface area contributed by atoms with Crippen LogP contribution in [0.5, 0.6) is 0 Å². The van der Waals surface area contributed by atoms with Crippen LogP contribution in [0.1, 0.15) is 30.1 Å². The molecule has 32 heavy (non-hydrogen) atoms. The molecule has 9 heteroatoms. The number of hydrogen-bond acceptors (Lipinski definition) is 4. The Bertz CT molecular complexity index is 1340. The highest BCUT2D eigenvalue weighted by Crippen LogP contribution is 2.31. The number of amides is 2. The maximum absolute atomic E-state index is 12.6. The van der Waals surface area contributed by atoms with Crippen LogP contribution in [0.4, 0.5) is 10.3 Å². The number of carbonyl (C=O) groups is 2. The third-order valence-corrected chi connectivity index (χ3v) is 5.70. The molecule has 2 N–H and O–H groups in total. The third kappa shape index (κ3) is 3.70. The van der Waals surface area contributed by atoms with E-state index < -0.39 is 6.67 Å². The minimum atomic E-state index is -0.606. The minimum absolute atomic E-state index is 0.0134. The van der Waals surface area contributed by atoms with Crippen molar-refractivity contribution in [1.82, 2.24) is 24.5 Å². The standard InChI is InChI=1S/C23H23FN6O2/c1-2-29-13-18(22(32)25-9-8-24)17-11-15(5-6-19(17)29)16-7-10-30-20(12-16)26-23(28-30)27-21(31)14-3-4-14/h5-7,10-14H,2-4,8-9H2,1H3,(H,25,32)(H,27,28,31). The van der Waals surface area contributed by atoms with E-state index in [0.717, 1.165) is 34.9 Å². The Labute approximate surface area is 183 Å². The Kier molecular flexibility index (Phi) is 5.08. The number of aryl methyl sites for hydroxylation is 1. The first-order chi connectivity index (χ1) is 15.6. The van der Waals surface area contributed by atoms with Crippen molar-refractivity contribution in [2.45, 2.75) is 26.3 Å². The Morgan fingerprint density at radius 3 is 2.75 bits per heavy atom. The number of aromatic nitrogens is 4. The first-order valence-corrected chi connectivity index (χ1v) is 10.7. The molecule has 1 saturated carbocycles. The van der Waals surface area contributed by atoms with Gasteiger partial charge in [0, 0.05) is 42.3 Å². The van der Waals surface area contributed by atoms with Crippen LogP contribution in [0.3, 0.4) is 0 Å². The molecule has 0 radical (unpaired) electrons. The van der Waals surface area contributed by atoms with Crippen molar-refractivity contribution in [1.29, 1.82) is 0 Å². The summed E-state index contributed by atoms with van der Waals surface area (Å²) in [7, 11) is 0. The van der Waals surface area contributed by atoms with Gasteiger partial charge in [-0.15, -0.1) is 5.10 Å². The first kappa shape index (κ1) is 20.2. The van der Waals surface area contributed by atoms with Gasteiger partial charge in [0.15, 0.2) is 5.65 Å². The number of halogens is 1. The van der Waals surface area contributed by atoms with Crippen LogP contribution in [0, 0.1) is 5.92 Å². The van der Waals surface area contributed by atoms with Gasteiger partial charge in [0.25, 0.3) is 5.91 Å². The van der Waals surface area contributed by atoms with Gasteiger partial charge in [-0.2, -0.15) is 4.98 Å². The van der Waals surface area contributed by atoms with Gasteiger partial charge in [0.05, 0.1) is 5.56 Å². The second-order valence-electron chi connectivity index (χ2n) is 7.92. The van der Waals surface area contributed by atoms with Crippen LogP contribution in [0.25, 0.3) is 27.7 Å². The van der Waals surface area contributed by atoms with Crippen molar-refractivity contribution < 1.29 is 14.0 Å². The summed E-state index contributed by atoms with van der Waals surface area (Å²) in [6, 6.07) is 9.74. The molecule has 2 amide bonds. The van der Waals surface area contributed by atoms with E-state index in [1.165, 1.54) is 0 Å². The molecule has 0 saturated heterocycles. The molecule has 5 rings (SSSR count). The van der Waals surface area contributed by atoms with Gasteiger partial charge in [-0.1, -0.05) is 6.07 Å². The molecule has 3 heterocycles. The fourth-order valence-corrected chi connectivity index (χ4v) is 3.85. The zero-order valence-electron chi connectivity index (χ0n) is 17.6. The van der Waals surface area contributed by atoms with E-state index in [2.05, 4.69) is 20.7 Å². The van der Waals surface area contributed by atoms with Gasteiger partial charge in [-0.05, 0) is 55.2 Å². The zero-order valence-corrected chi connectivity index (χ0v) is 17.6. The fraction of sp³-hybridized carbons (Fsp3) is 0.304. The Morgan fingerprint density at radius 1 is 1.19 bits per heavy atom. The Balaban J connectivity index is 1.50. The second kappa shape index (κ2) is 8.07. The predicted octanol–water partition coefficient (Wildman–Crippen LogP) is 3.42. The van der Waals surface area contributed by atoms with E-state index in [0.29, 0.717) is 23.7 Å². The normalized spacial score (nSPS) is 13.6. The summed E-state index contributed by atoms with van der Waals surface area (Å²) in [5, 5.41) is 10.5. The van der Waals surface area contributed by atoms with Crippen LogP contribution in [-0.2, 0) is 11.3 Å². The molecule has 3 aromatic heterocycles. The summed E-state index contributed by atoms with van der Waals surface area (Å²) in [6.45, 7) is 2.11. The number of fused-ring (bicyclic) bond motifs is 2. The summed E-state index contributed by atoms with van der Waals surface area (Å²) in [6.07, 6.45) is 5.43. The molecule has 0 aliphatic heterocycles. The van der Waals surface area contributed by atoms with Crippen molar-refractivity contribution in [3.63, 3.8) is 0 Å². The van der Waals surface area contributed by atoms with E-state index in [1.807, 2.05) is 41.8 Å². The van der Waals surface area contributed by atoms with Gasteiger partial charge in [0.2, 0.25) is 11.9 Å². The number of carbonyl (C=O) groups excluding carboxylic acids is 2. The maximum atomic E-state index is 12.6. The van der Waals surface area contributed by atoms with E-state index in [1.54, 1.807) is 16.9 Å². The third-order valence-electron chi connectivity index (χ3n) is 5.70. The Morgan fingerprint density at radius 2 is 2.00 bits per heavy atom. The molecule has 1 aliphatic rings. The highest BCUT2D eigenvalue weighted by Gasteiger charge is 2.30. The number of pyridine rings is 1. The fourth-order valence-electron chi connectivity index (χ4n) is 3.85. The number of nitrogens with one attached hydrogen (secondary N) is 2. The lowest BCUT2D eigenvalue weighted by Crippen LogP contribution is -2.25. The molecule has 164 valence electrons. The number of anilines is 1. The number of nitrogens with zero attached hydrogens (tertiary/aromatic N) is 4. The van der Waals surface area contributed by atoms with E-state index >= 15 is 0 Å². The SMILES string of the molecule is CCn1cc(C(=O)NCCF)c2cc(-c3ccn4nc(NC(=O)C5CC5)nc4c3)ccc21. The second-order valence-corrected chi connectivity index (χ2v) is 7.92. The molecule has 4 aromatic rings. The smallest absolute Gasteiger partial charge is 0.253 e. The number of rotatable bonds is 7. The molecular formula is C23H23FN6O2. The summed E-state index contributed by atoms with van der Waals surface area (Å²) >= 11 is 0. The topological polar surface area (TPSA) is 93.3 Å². The van der Waals surface area contributed by atoms with E-state index in [9.17, 15) is 14.0 Å². The van der Waals surface area contributed by atoms with E-state index in [-0.39, 0.29) is 24.3 Å². The predicted molar refractivity (Wildman–Crippen MR) is 119 cm³/mol. The van der Waals surface area contributed by atoms with Gasteiger partial charge >= 0.3 is 0 Å². The molecular weight excluding hydrogens is 411 g/mol. The number of hydrogen-bond donors (Lipinski definition) is 2. The molecule has 0 atom stereocenters. The maximum Gasteiger partial charge on any atom is 0.253 e. The van der Waals surface area contributed by atoms with Crippen LogP contribution in [0.15, 0.2) is 42.7 Å². The summed E-state index contributed by atoms with van der Waals surface area (Å²) in [5.41, 5.74) is 3.90. The highest BCUT2D eigenvalue weighted by atomic mass is 19.1. The van der Waals surface area contributed by atoms with Crippen LogP contribution in [-0.4, -0.2) is 44.2 Å². The van der Waals surface area contributed by atoms with Gasteiger partial charge in [0.1, 0.15) is 6.67 Å². The zero-order chi connectivity index (χ0) is 22.2. The van der Waals surface area contributed by atoms with Gasteiger partial charge in [-0.3, -0.25) is 14.9 Å². The van der Waals surface area contributed by atoms with Gasteiger partial charge < -0.3 is 9.88 Å². The van der Waals surface area contributed by atoms with Crippen LogP contribution >= 0.6 is 0 Å². The van der Waals surface area contributed by atoms with Crippen LogP contribution < -0.4 is 10.6 Å². The largest absolute Gasteiger partial charge is 0.349 e. The first-order valence-electron chi connectivity index (χ1n) is 10.7. The monoisotopic (exact) mass is 434 g/mol. The molecule has 0 spiro atoms. The quantitative estimate of drug-likeness (QED) is 0.466. The highest BCUT2D eigenvalue weighted by molar-refractivity contribution is 6.08. The van der Waals surface area contributed by atoms with Crippen LogP contribution in [0.2, 0.25) is 0 Å². The molecule has 0 bridgehead atoms. The molecule has 8 nitrogen and oxygen atoms in total. The Hall–Kier alpha value is -3.75. The molecule has 1 aliphatic carbocycles. The lowest BCUT2D eigenvalue weighted by Gasteiger charge is -2.05. The summed E-state index contributed by atoms with van der Waals surface area (Å²) in [4.78, 5) is 29.0. The van der Waals surface area contributed by atoms with Crippen molar-refractivity contribution in [3.8, 4) is 11.1 Å². The summed E-state index contributed by atoms with van der Waals surface area (Å²) in [5.74, 6) is 0.0449. The average molecular weight is 434 g/mol. The number of benzene rings is 1. The van der Waals surface area contributed by atoms with Crippen molar-refractivity contribution in [2.75, 3.05) is 18.5 Å². The van der Waals surface area contributed by atoms with E-state index in [4.69, 9.17) is 0 Å². The lowest BCUT2D eigenvalue weighted by atomic mass is 10.0. The summed E-state index contributed by atoms with van der Waals surface area (Å²) < 4.78 is 16.1. The molecule has 1 fully saturated rings. The van der Waals surface area contributed by atoms with Crippen molar-refractivity contribution in [3.05, 3.63) is 48.3 Å². The molecule has 1 aromatic carbocycles.